The molecule has 1 aliphatic heterocycles. The van der Waals surface area contributed by atoms with Crippen molar-refractivity contribution in [3.8, 4) is 5.69 Å². The Bertz CT molecular complexity index is 1330. The lowest BCUT2D eigenvalue weighted by atomic mass is 10.2. The van der Waals surface area contributed by atoms with Crippen molar-refractivity contribution in [3.05, 3.63) is 77.6 Å². The van der Waals surface area contributed by atoms with Crippen molar-refractivity contribution in [1.82, 2.24) is 19.0 Å². The molecule has 1 amide bonds. The molecule has 0 radical (unpaired) electrons. The molecule has 0 atom stereocenters. The summed E-state index contributed by atoms with van der Waals surface area (Å²) >= 11 is 5.40. The van der Waals surface area contributed by atoms with Crippen LogP contribution in [0.1, 0.15) is 28.2 Å². The number of aryl methyl sites for hydroxylation is 1. The number of carboxylic acid groups (broad SMARTS) is 1. The molecule has 3 aromatic rings. The molecule has 1 N–H and O–H groups in total. The first-order valence-electron chi connectivity index (χ1n) is 10.00. The molecule has 1 saturated heterocycles. The second kappa shape index (κ2) is 8.75. The number of aromatic carboxylic acids is 1. The Morgan fingerprint density at radius 1 is 1.12 bits per heavy atom. The molecule has 4 rings (SSSR count). The Morgan fingerprint density at radius 2 is 1.79 bits per heavy atom. The highest BCUT2D eigenvalue weighted by atomic mass is 32.2. The Hall–Kier alpha value is -3.57. The van der Waals surface area contributed by atoms with Crippen molar-refractivity contribution < 1.29 is 23.1 Å². The van der Waals surface area contributed by atoms with Gasteiger partial charge in [0.15, 0.2) is 10.8 Å². The number of hydrogen-bond acceptors (Lipinski definition) is 6. The highest BCUT2D eigenvalue weighted by molar-refractivity contribution is 7.91. The summed E-state index contributed by atoms with van der Waals surface area (Å²) in [6.07, 6.45) is 0.0226. The zero-order valence-electron chi connectivity index (χ0n) is 17.6. The number of carbonyl (C=O) groups excluding carboxylic acids is 1. The van der Waals surface area contributed by atoms with Gasteiger partial charge in [0.25, 0.3) is 10.0 Å². The van der Waals surface area contributed by atoms with E-state index in [1.807, 2.05) is 30.3 Å². The summed E-state index contributed by atoms with van der Waals surface area (Å²) in [4.78, 5) is 24.9. The van der Waals surface area contributed by atoms with E-state index in [0.717, 1.165) is 9.87 Å². The third-order valence-corrected chi connectivity index (χ3v) is 7.59. The van der Waals surface area contributed by atoms with Crippen LogP contribution >= 0.6 is 12.2 Å². The molecule has 0 bridgehead atoms. The zero-order valence-corrected chi connectivity index (χ0v) is 19.2. The Balaban J connectivity index is 1.59. The predicted octanol–water partition coefficient (Wildman–Crippen LogP) is 2.59. The Labute approximate surface area is 195 Å². The van der Waals surface area contributed by atoms with Crippen LogP contribution in [0.4, 0.5) is 0 Å². The van der Waals surface area contributed by atoms with Gasteiger partial charge in [0.2, 0.25) is 5.91 Å². The van der Waals surface area contributed by atoms with Gasteiger partial charge in [0.1, 0.15) is 0 Å². The van der Waals surface area contributed by atoms with Crippen molar-refractivity contribution in [2.75, 3.05) is 6.54 Å². The van der Waals surface area contributed by atoms with Crippen LogP contribution in [0, 0.1) is 6.92 Å². The van der Waals surface area contributed by atoms with E-state index in [-0.39, 0.29) is 41.1 Å². The van der Waals surface area contributed by atoms with E-state index in [4.69, 9.17) is 17.3 Å². The van der Waals surface area contributed by atoms with Crippen molar-refractivity contribution in [1.29, 1.82) is 0 Å². The minimum Gasteiger partial charge on any atom is -0.476 e. The highest BCUT2D eigenvalue weighted by Crippen LogP contribution is 2.24. The van der Waals surface area contributed by atoms with E-state index in [1.165, 1.54) is 27.8 Å². The summed E-state index contributed by atoms with van der Waals surface area (Å²) in [6.45, 7) is 1.86. The molecule has 9 nitrogen and oxygen atoms in total. The first-order chi connectivity index (χ1) is 15.7. The fourth-order valence-electron chi connectivity index (χ4n) is 3.54. The number of benzene rings is 2. The smallest absolute Gasteiger partial charge is 0.356 e. The molecule has 0 saturated carbocycles. The molecule has 2 aromatic carbocycles. The van der Waals surface area contributed by atoms with Crippen LogP contribution in [-0.4, -0.2) is 56.0 Å². The molecule has 0 spiro atoms. The van der Waals surface area contributed by atoms with Gasteiger partial charge in [-0.1, -0.05) is 30.3 Å². The number of aromatic nitrogens is 2. The summed E-state index contributed by atoms with van der Waals surface area (Å²) in [5.41, 5.74) is 1.84. The Morgan fingerprint density at radius 3 is 2.39 bits per heavy atom. The van der Waals surface area contributed by atoms with Gasteiger partial charge in [-0.05, 0) is 55.0 Å². The first kappa shape index (κ1) is 22.6. The summed E-state index contributed by atoms with van der Waals surface area (Å²) in [6, 6.07) is 16.5. The molecule has 11 heteroatoms. The van der Waals surface area contributed by atoms with Crippen molar-refractivity contribution in [2.24, 2.45) is 0 Å². The molecule has 1 aliphatic rings. The van der Waals surface area contributed by atoms with E-state index >= 15 is 0 Å². The number of amides is 1. The summed E-state index contributed by atoms with van der Waals surface area (Å²) < 4.78 is 29.1. The molecular formula is C22H20N4O5S2. The second-order valence-corrected chi connectivity index (χ2v) is 9.68. The quantitative estimate of drug-likeness (QED) is 0.535. The average Bonchev–Trinajstić information content (AvgIpc) is 3.19. The van der Waals surface area contributed by atoms with Crippen LogP contribution in [0.15, 0.2) is 65.6 Å². The molecule has 33 heavy (non-hydrogen) atoms. The molecule has 2 heterocycles. The van der Waals surface area contributed by atoms with E-state index in [0.29, 0.717) is 11.4 Å². The number of hydrogen-bond donors (Lipinski definition) is 1. The second-order valence-electron chi connectivity index (χ2n) is 7.46. The van der Waals surface area contributed by atoms with Gasteiger partial charge in [-0.15, -0.1) is 0 Å². The van der Waals surface area contributed by atoms with E-state index in [1.54, 1.807) is 19.1 Å². The van der Waals surface area contributed by atoms with Gasteiger partial charge < -0.3 is 5.11 Å². The highest BCUT2D eigenvalue weighted by Gasteiger charge is 2.36. The van der Waals surface area contributed by atoms with Gasteiger partial charge in [-0.3, -0.25) is 9.69 Å². The van der Waals surface area contributed by atoms with Crippen molar-refractivity contribution in [3.63, 3.8) is 0 Å². The molecule has 1 aromatic heterocycles. The molecule has 0 aliphatic carbocycles. The van der Waals surface area contributed by atoms with Gasteiger partial charge in [-0.2, -0.15) is 5.10 Å². The van der Waals surface area contributed by atoms with Gasteiger partial charge in [0, 0.05) is 18.7 Å². The topological polar surface area (TPSA) is 113 Å². The number of sulfonamides is 1. The lowest BCUT2D eigenvalue weighted by molar-refractivity contribution is -0.129. The molecule has 170 valence electrons. The van der Waals surface area contributed by atoms with Crippen LogP contribution < -0.4 is 0 Å². The van der Waals surface area contributed by atoms with E-state index < -0.39 is 16.0 Å². The van der Waals surface area contributed by atoms with Gasteiger partial charge >= 0.3 is 5.97 Å². The summed E-state index contributed by atoms with van der Waals surface area (Å²) in [7, 11) is -4.00. The van der Waals surface area contributed by atoms with Crippen molar-refractivity contribution >= 4 is 39.2 Å². The van der Waals surface area contributed by atoms with Crippen molar-refractivity contribution in [2.45, 2.75) is 24.8 Å². The normalized spacial score (nSPS) is 14.6. The van der Waals surface area contributed by atoms with E-state index in [2.05, 4.69) is 5.10 Å². The number of nitrogens with zero attached hydrogens (tertiary/aromatic N) is 4. The number of thiocarbonyl (C=S) groups is 1. The standard InChI is InChI=1S/C22H20N4O5S2/c1-15-13-19(21(28)29)23-26(15)17-7-9-18(10-8-17)33(30,31)25-12-11-20(27)24(22(25)32)14-16-5-3-2-4-6-16/h2-10,13H,11-12,14H2,1H3,(H,28,29). The molecular weight excluding hydrogens is 464 g/mol. The molecule has 0 unspecified atom stereocenters. The lowest BCUT2D eigenvalue weighted by Crippen LogP contribution is -2.53. The van der Waals surface area contributed by atoms with Crippen LogP contribution in [-0.2, 0) is 21.4 Å². The minimum absolute atomic E-state index is 0.00544. The van der Waals surface area contributed by atoms with Crippen LogP contribution in [0.3, 0.4) is 0 Å². The summed E-state index contributed by atoms with van der Waals surface area (Å²) in [5.74, 6) is -1.38. The number of carboxylic acids is 1. The lowest BCUT2D eigenvalue weighted by Gasteiger charge is -2.36. The van der Waals surface area contributed by atoms with Gasteiger partial charge in [0.05, 0.1) is 17.1 Å². The molecule has 1 fully saturated rings. The average molecular weight is 485 g/mol. The minimum atomic E-state index is -4.00. The van der Waals surface area contributed by atoms with Crippen LogP contribution in [0.25, 0.3) is 5.69 Å². The number of rotatable bonds is 6. The Kier molecular flexibility index (Phi) is 6.00. The summed E-state index contributed by atoms with van der Waals surface area (Å²) in [5, 5.41) is 13.1. The monoisotopic (exact) mass is 484 g/mol. The SMILES string of the molecule is Cc1cc(C(=O)O)nn1-c1ccc(S(=O)(=O)N2CCC(=O)N(Cc3ccccc3)C2=S)cc1. The predicted molar refractivity (Wildman–Crippen MR) is 123 cm³/mol. The maximum atomic E-state index is 13.3. The maximum absolute atomic E-state index is 13.3. The fourth-order valence-corrected chi connectivity index (χ4v) is 5.46. The first-order valence-corrected chi connectivity index (χ1v) is 11.8. The maximum Gasteiger partial charge on any atom is 0.356 e. The number of carbonyl (C=O) groups is 2. The van der Waals surface area contributed by atoms with Gasteiger partial charge in [-0.25, -0.2) is 22.2 Å². The largest absolute Gasteiger partial charge is 0.476 e. The van der Waals surface area contributed by atoms with E-state index in [9.17, 15) is 18.0 Å². The fraction of sp³-hybridized carbons (Fsp3) is 0.182. The zero-order chi connectivity index (χ0) is 23.8. The van der Waals surface area contributed by atoms with Crippen LogP contribution in [0.5, 0.6) is 0 Å². The third-order valence-electron chi connectivity index (χ3n) is 5.23. The van der Waals surface area contributed by atoms with Crippen LogP contribution in [0.2, 0.25) is 0 Å². The third kappa shape index (κ3) is 4.37.